The Bertz CT molecular complexity index is 1350. The van der Waals surface area contributed by atoms with Gasteiger partial charge in [-0.15, -0.1) is 0 Å². The highest BCUT2D eigenvalue weighted by molar-refractivity contribution is 6.32. The maximum absolute atomic E-state index is 12.3. The average molecular weight is 599 g/mol. The SMILES string of the molecule is COc1cc2c(Oc3ccc(NC(=O)NCCC(C)(C)C)cc3Cl)ccnc2cc1OCCCN1CC(C)OC(C)C1. The number of hydrogen-bond donors (Lipinski definition) is 2. The Morgan fingerprint density at radius 2 is 1.83 bits per heavy atom. The fourth-order valence-corrected chi connectivity index (χ4v) is 5.15. The van der Waals surface area contributed by atoms with Crippen molar-refractivity contribution in [2.45, 2.75) is 59.7 Å². The molecule has 9 nitrogen and oxygen atoms in total. The van der Waals surface area contributed by atoms with Gasteiger partial charge in [0, 0.05) is 49.5 Å². The standard InChI is InChI=1S/C32H43ClN4O5/c1-21-19-37(20-22(2)41-21)14-7-15-40-30-18-26-24(17-29(30)39-6)27(10-12-34-26)42-28-9-8-23(16-25(28)33)36-31(38)35-13-11-32(3,4)5/h8-10,12,16-18,21-22H,7,11,13-15,19-20H2,1-6H3,(H2,35,36,38). The highest BCUT2D eigenvalue weighted by Crippen LogP contribution is 2.39. The van der Waals surface area contributed by atoms with Gasteiger partial charge in [-0.2, -0.15) is 0 Å². The van der Waals surface area contributed by atoms with E-state index in [0.717, 1.165) is 37.9 Å². The first-order valence-electron chi connectivity index (χ1n) is 14.5. The highest BCUT2D eigenvalue weighted by atomic mass is 35.5. The monoisotopic (exact) mass is 598 g/mol. The molecule has 1 saturated heterocycles. The first kappa shape index (κ1) is 31.7. The van der Waals surface area contributed by atoms with E-state index in [1.54, 1.807) is 37.6 Å². The van der Waals surface area contributed by atoms with E-state index >= 15 is 0 Å². The van der Waals surface area contributed by atoms with Gasteiger partial charge in [-0.1, -0.05) is 32.4 Å². The predicted octanol–water partition coefficient (Wildman–Crippen LogP) is 7.12. The lowest BCUT2D eigenvalue weighted by Crippen LogP contribution is -2.45. The number of nitrogens with one attached hydrogen (secondary N) is 2. The molecule has 2 unspecified atom stereocenters. The van der Waals surface area contributed by atoms with E-state index in [4.69, 9.17) is 30.5 Å². The third-order valence-corrected chi connectivity index (χ3v) is 7.22. The summed E-state index contributed by atoms with van der Waals surface area (Å²) in [5.41, 5.74) is 1.42. The first-order chi connectivity index (χ1) is 20.0. The smallest absolute Gasteiger partial charge is 0.319 e. The molecule has 2 amide bonds. The lowest BCUT2D eigenvalue weighted by Gasteiger charge is -2.35. The zero-order valence-corrected chi connectivity index (χ0v) is 26.2. The normalized spacial score (nSPS) is 17.6. The second kappa shape index (κ2) is 14.3. The Balaban J connectivity index is 1.39. The van der Waals surface area contributed by atoms with Crippen molar-refractivity contribution in [1.29, 1.82) is 0 Å². The number of nitrogens with zero attached hydrogens (tertiary/aromatic N) is 2. The van der Waals surface area contributed by atoms with Crippen LogP contribution in [0.3, 0.4) is 0 Å². The number of ether oxygens (including phenoxy) is 4. The Labute approximate surface area is 253 Å². The van der Waals surface area contributed by atoms with E-state index in [1.165, 1.54) is 0 Å². The van der Waals surface area contributed by atoms with Crippen molar-refractivity contribution in [2.24, 2.45) is 5.41 Å². The van der Waals surface area contributed by atoms with Crippen LogP contribution in [0.15, 0.2) is 42.6 Å². The van der Waals surface area contributed by atoms with Crippen LogP contribution >= 0.6 is 11.6 Å². The van der Waals surface area contributed by atoms with Crippen LogP contribution < -0.4 is 24.8 Å². The van der Waals surface area contributed by atoms with Gasteiger partial charge >= 0.3 is 6.03 Å². The number of morpholine rings is 1. The van der Waals surface area contributed by atoms with Gasteiger partial charge in [-0.25, -0.2) is 4.79 Å². The van der Waals surface area contributed by atoms with E-state index in [2.05, 4.69) is 55.1 Å². The van der Waals surface area contributed by atoms with Crippen molar-refractivity contribution in [2.75, 3.05) is 45.2 Å². The van der Waals surface area contributed by atoms with Crippen molar-refractivity contribution < 1.29 is 23.7 Å². The van der Waals surface area contributed by atoms with Gasteiger partial charge in [0.15, 0.2) is 11.5 Å². The molecule has 2 heterocycles. The second-order valence-corrected chi connectivity index (χ2v) is 12.4. The number of carbonyl (C=O) groups is 1. The highest BCUT2D eigenvalue weighted by Gasteiger charge is 2.21. The quantitative estimate of drug-likeness (QED) is 0.227. The van der Waals surface area contributed by atoms with Crippen molar-refractivity contribution >= 4 is 34.2 Å². The maximum Gasteiger partial charge on any atom is 0.319 e. The second-order valence-electron chi connectivity index (χ2n) is 12.0. The van der Waals surface area contributed by atoms with Gasteiger partial charge < -0.3 is 29.6 Å². The van der Waals surface area contributed by atoms with Crippen molar-refractivity contribution in [3.05, 3.63) is 47.6 Å². The molecule has 1 fully saturated rings. The van der Waals surface area contributed by atoms with E-state index in [0.29, 0.717) is 52.4 Å². The van der Waals surface area contributed by atoms with Crippen LogP contribution in [-0.2, 0) is 4.74 Å². The molecule has 228 valence electrons. The van der Waals surface area contributed by atoms with Gasteiger partial charge in [-0.3, -0.25) is 9.88 Å². The van der Waals surface area contributed by atoms with Crippen LogP contribution in [-0.4, -0.2) is 68.0 Å². The van der Waals surface area contributed by atoms with Gasteiger partial charge in [0.1, 0.15) is 11.5 Å². The molecule has 0 spiro atoms. The van der Waals surface area contributed by atoms with Gasteiger partial charge in [0.25, 0.3) is 0 Å². The Kier molecular flexibility index (Phi) is 10.8. The fraction of sp³-hybridized carbons (Fsp3) is 0.500. The summed E-state index contributed by atoms with van der Waals surface area (Å²) in [5.74, 6) is 2.25. The summed E-state index contributed by atoms with van der Waals surface area (Å²) in [6, 6.07) is 10.4. The van der Waals surface area contributed by atoms with Gasteiger partial charge in [-0.05, 0) is 62.4 Å². The zero-order chi connectivity index (χ0) is 30.3. The molecule has 4 rings (SSSR count). The minimum absolute atomic E-state index is 0.145. The zero-order valence-electron chi connectivity index (χ0n) is 25.5. The number of urea groups is 1. The van der Waals surface area contributed by atoms with Crippen molar-refractivity contribution in [1.82, 2.24) is 15.2 Å². The summed E-state index contributed by atoms with van der Waals surface area (Å²) in [4.78, 5) is 19.2. The molecule has 0 saturated carbocycles. The van der Waals surface area contributed by atoms with Crippen LogP contribution in [0.2, 0.25) is 5.02 Å². The largest absolute Gasteiger partial charge is 0.493 e. The number of halogens is 1. The average Bonchev–Trinajstić information content (AvgIpc) is 2.91. The molecule has 2 aromatic carbocycles. The molecule has 10 heteroatoms. The number of amides is 2. The summed E-state index contributed by atoms with van der Waals surface area (Å²) in [7, 11) is 1.61. The minimum Gasteiger partial charge on any atom is -0.493 e. The molecule has 1 aliphatic rings. The van der Waals surface area contributed by atoms with Crippen LogP contribution in [0.4, 0.5) is 10.5 Å². The lowest BCUT2D eigenvalue weighted by molar-refractivity contribution is -0.0686. The number of carbonyl (C=O) groups excluding carboxylic acids is 1. The molecule has 2 N–H and O–H groups in total. The predicted molar refractivity (Wildman–Crippen MR) is 167 cm³/mol. The van der Waals surface area contributed by atoms with E-state index in [9.17, 15) is 4.79 Å². The molecule has 42 heavy (non-hydrogen) atoms. The van der Waals surface area contributed by atoms with Crippen molar-refractivity contribution in [3.63, 3.8) is 0 Å². The number of benzene rings is 2. The molecule has 0 aliphatic carbocycles. The number of methoxy groups -OCH3 is 1. The van der Waals surface area contributed by atoms with Gasteiger partial charge in [0.2, 0.25) is 0 Å². The Morgan fingerprint density at radius 3 is 2.52 bits per heavy atom. The molecular weight excluding hydrogens is 556 g/mol. The van der Waals surface area contributed by atoms with Gasteiger partial charge in [0.05, 0.1) is 36.5 Å². The molecule has 2 atom stereocenters. The first-order valence-corrected chi connectivity index (χ1v) is 14.9. The Hall–Kier alpha value is -3.27. The number of hydrogen-bond acceptors (Lipinski definition) is 7. The molecule has 3 aromatic rings. The fourth-order valence-electron chi connectivity index (χ4n) is 4.93. The molecule has 1 aromatic heterocycles. The van der Waals surface area contributed by atoms with Crippen LogP contribution in [0, 0.1) is 5.41 Å². The number of fused-ring (bicyclic) bond motifs is 1. The number of pyridine rings is 1. The van der Waals surface area contributed by atoms with Crippen LogP contribution in [0.1, 0.15) is 47.5 Å². The van der Waals surface area contributed by atoms with Crippen LogP contribution in [0.25, 0.3) is 10.9 Å². The minimum atomic E-state index is -0.278. The Morgan fingerprint density at radius 1 is 1.07 bits per heavy atom. The number of rotatable bonds is 11. The third-order valence-electron chi connectivity index (χ3n) is 6.93. The lowest BCUT2D eigenvalue weighted by atomic mass is 9.92. The molecular formula is C32H43ClN4O5. The van der Waals surface area contributed by atoms with E-state index < -0.39 is 0 Å². The molecule has 1 aliphatic heterocycles. The topological polar surface area (TPSA) is 94.2 Å². The maximum atomic E-state index is 12.3. The third kappa shape index (κ3) is 9.11. The summed E-state index contributed by atoms with van der Waals surface area (Å²) in [5, 5.41) is 6.81. The number of aromatic nitrogens is 1. The van der Waals surface area contributed by atoms with Crippen molar-refractivity contribution in [3.8, 4) is 23.0 Å². The van der Waals surface area contributed by atoms with E-state index in [1.807, 2.05) is 12.1 Å². The summed E-state index contributed by atoms with van der Waals surface area (Å²) in [6.07, 6.45) is 3.94. The summed E-state index contributed by atoms with van der Waals surface area (Å²) in [6.45, 7) is 14.6. The summed E-state index contributed by atoms with van der Waals surface area (Å²) < 4.78 is 23.8. The number of anilines is 1. The molecule has 0 radical (unpaired) electrons. The summed E-state index contributed by atoms with van der Waals surface area (Å²) >= 11 is 6.54. The van der Waals surface area contributed by atoms with Crippen LogP contribution in [0.5, 0.6) is 23.0 Å². The van der Waals surface area contributed by atoms with E-state index in [-0.39, 0.29) is 23.7 Å². The molecule has 0 bridgehead atoms.